The molecule has 3 nitrogen and oxygen atoms in total. The van der Waals surface area contributed by atoms with E-state index in [2.05, 4.69) is 33.4 Å². The molecule has 0 bridgehead atoms. The van der Waals surface area contributed by atoms with Crippen LogP contribution in [0.4, 0.5) is 0 Å². The molecule has 0 fully saturated rings. The molecule has 0 saturated carbocycles. The highest BCUT2D eigenvalue weighted by molar-refractivity contribution is 9.10. The van der Waals surface area contributed by atoms with Crippen LogP contribution in [0.1, 0.15) is 17.0 Å². The van der Waals surface area contributed by atoms with Gasteiger partial charge >= 0.3 is 0 Å². The molecular formula is C24H17BrN2O. The Labute approximate surface area is 172 Å². The molecular weight excluding hydrogens is 412 g/mol. The van der Waals surface area contributed by atoms with Crippen molar-refractivity contribution in [3.63, 3.8) is 0 Å². The highest BCUT2D eigenvalue weighted by Crippen LogP contribution is 2.35. The number of hydrogen-bond donors (Lipinski definition) is 1. The molecule has 0 aliphatic carbocycles. The number of dihydropyridines is 1. The van der Waals surface area contributed by atoms with Crippen molar-refractivity contribution >= 4 is 21.6 Å². The van der Waals surface area contributed by atoms with Crippen LogP contribution in [-0.4, -0.2) is 0 Å². The lowest BCUT2D eigenvalue weighted by Gasteiger charge is -2.26. The molecule has 0 saturated heterocycles. The van der Waals surface area contributed by atoms with Gasteiger partial charge in [-0.25, -0.2) is 0 Å². The molecule has 28 heavy (non-hydrogen) atoms. The van der Waals surface area contributed by atoms with E-state index in [1.54, 1.807) is 0 Å². The molecule has 1 unspecified atom stereocenters. The van der Waals surface area contributed by atoms with Gasteiger partial charge in [0.15, 0.2) is 0 Å². The van der Waals surface area contributed by atoms with E-state index in [9.17, 15) is 5.26 Å². The molecule has 0 radical (unpaired) electrons. The monoisotopic (exact) mass is 428 g/mol. The number of rotatable bonds is 4. The van der Waals surface area contributed by atoms with E-state index in [-0.39, 0.29) is 5.92 Å². The van der Waals surface area contributed by atoms with Crippen molar-refractivity contribution in [2.24, 2.45) is 0 Å². The van der Waals surface area contributed by atoms with Crippen molar-refractivity contribution in [3.05, 3.63) is 118 Å². The summed E-state index contributed by atoms with van der Waals surface area (Å²) in [6, 6.07) is 29.9. The third-order valence-electron chi connectivity index (χ3n) is 4.53. The first-order valence-electron chi connectivity index (χ1n) is 8.91. The quantitative estimate of drug-likeness (QED) is 0.554. The zero-order chi connectivity index (χ0) is 19.3. The molecule has 1 N–H and O–H groups in total. The van der Waals surface area contributed by atoms with E-state index >= 15 is 0 Å². The maximum atomic E-state index is 9.90. The second-order valence-corrected chi connectivity index (χ2v) is 7.29. The lowest BCUT2D eigenvalue weighted by molar-refractivity contribution is 0.390. The third kappa shape index (κ3) is 3.85. The number of nitrogens with one attached hydrogen (secondary N) is 1. The van der Waals surface area contributed by atoms with Gasteiger partial charge in [-0.1, -0.05) is 76.6 Å². The van der Waals surface area contributed by atoms with E-state index in [1.807, 2.05) is 84.9 Å². The van der Waals surface area contributed by atoms with Gasteiger partial charge in [-0.2, -0.15) is 5.26 Å². The summed E-state index contributed by atoms with van der Waals surface area (Å²) >= 11 is 3.48. The normalized spacial score (nSPS) is 16.0. The van der Waals surface area contributed by atoms with Crippen molar-refractivity contribution < 1.29 is 4.74 Å². The number of hydrogen-bond acceptors (Lipinski definition) is 3. The smallest absolute Gasteiger partial charge is 0.212 e. The molecule has 1 aliphatic rings. The number of ether oxygens (including phenoxy) is 1. The fraction of sp³-hybridized carbons (Fsp3) is 0.0417. The highest BCUT2D eigenvalue weighted by atomic mass is 79.9. The summed E-state index contributed by atoms with van der Waals surface area (Å²) in [7, 11) is 0. The van der Waals surface area contributed by atoms with Gasteiger partial charge in [0.05, 0.1) is 0 Å². The van der Waals surface area contributed by atoms with E-state index in [1.165, 1.54) is 0 Å². The number of para-hydroxylation sites is 1. The topological polar surface area (TPSA) is 45.0 Å². The molecule has 4 rings (SSSR count). The molecule has 1 heterocycles. The Kier molecular flexibility index (Phi) is 5.27. The Morgan fingerprint density at radius 3 is 2.14 bits per heavy atom. The molecule has 0 spiro atoms. The predicted molar refractivity (Wildman–Crippen MR) is 114 cm³/mol. The summed E-state index contributed by atoms with van der Waals surface area (Å²) < 4.78 is 7.10. The zero-order valence-corrected chi connectivity index (χ0v) is 16.6. The van der Waals surface area contributed by atoms with Gasteiger partial charge in [-0.05, 0) is 41.5 Å². The summed E-state index contributed by atoms with van der Waals surface area (Å²) in [6.45, 7) is 0. The molecule has 136 valence electrons. The zero-order valence-electron chi connectivity index (χ0n) is 15.0. The number of benzene rings is 3. The number of nitriles is 1. The molecule has 3 aromatic rings. The first-order chi connectivity index (χ1) is 13.7. The van der Waals surface area contributed by atoms with Gasteiger partial charge in [-0.15, -0.1) is 0 Å². The maximum absolute atomic E-state index is 9.90. The van der Waals surface area contributed by atoms with Gasteiger partial charge < -0.3 is 10.1 Å². The molecule has 3 aromatic carbocycles. The van der Waals surface area contributed by atoms with E-state index < -0.39 is 0 Å². The fourth-order valence-electron chi connectivity index (χ4n) is 3.15. The Balaban J connectivity index is 1.79. The van der Waals surface area contributed by atoms with Crippen LogP contribution in [0.25, 0.3) is 5.70 Å². The van der Waals surface area contributed by atoms with Crippen molar-refractivity contribution in [1.29, 1.82) is 5.26 Å². The minimum atomic E-state index is -0.190. The van der Waals surface area contributed by atoms with E-state index in [0.29, 0.717) is 17.2 Å². The minimum absolute atomic E-state index is 0.190. The standard InChI is InChI=1S/C24H17BrN2O/c25-19-13-11-18(12-14-19)23-15-21(17-7-3-1-4-8-17)22(16-26)24(27-23)28-20-9-5-2-6-10-20/h1-15,21,27H. The number of nitrogens with zero attached hydrogens (tertiary/aromatic N) is 1. The SMILES string of the molecule is N#CC1=C(Oc2ccccc2)NC(c2ccc(Br)cc2)=CC1c1ccccc1. The van der Waals surface area contributed by atoms with Gasteiger partial charge in [-0.3, -0.25) is 0 Å². The number of halogens is 1. The Morgan fingerprint density at radius 1 is 0.857 bits per heavy atom. The largest absolute Gasteiger partial charge is 0.440 e. The predicted octanol–water partition coefficient (Wildman–Crippen LogP) is 5.99. The van der Waals surface area contributed by atoms with Crippen LogP contribution >= 0.6 is 15.9 Å². The van der Waals surface area contributed by atoms with Crippen molar-refractivity contribution in [1.82, 2.24) is 5.32 Å². The molecule has 0 aromatic heterocycles. The van der Waals surface area contributed by atoms with Crippen LogP contribution in [0.2, 0.25) is 0 Å². The van der Waals surface area contributed by atoms with E-state index in [0.717, 1.165) is 21.3 Å². The summed E-state index contributed by atoms with van der Waals surface area (Å²) in [5, 5.41) is 13.2. The van der Waals surface area contributed by atoms with Crippen molar-refractivity contribution in [2.75, 3.05) is 0 Å². The van der Waals surface area contributed by atoms with Gasteiger partial charge in [0.1, 0.15) is 17.4 Å². The highest BCUT2D eigenvalue weighted by Gasteiger charge is 2.26. The maximum Gasteiger partial charge on any atom is 0.212 e. The van der Waals surface area contributed by atoms with Crippen molar-refractivity contribution in [2.45, 2.75) is 5.92 Å². The Morgan fingerprint density at radius 2 is 1.50 bits per heavy atom. The first kappa shape index (κ1) is 18.1. The summed E-state index contributed by atoms with van der Waals surface area (Å²) in [4.78, 5) is 0. The summed E-state index contributed by atoms with van der Waals surface area (Å²) in [5.74, 6) is 0.953. The average molecular weight is 429 g/mol. The van der Waals surface area contributed by atoms with Crippen LogP contribution < -0.4 is 10.1 Å². The van der Waals surface area contributed by atoms with Gasteiger partial charge in [0.2, 0.25) is 5.88 Å². The Bertz CT molecular complexity index is 1070. The average Bonchev–Trinajstić information content (AvgIpc) is 2.75. The lowest BCUT2D eigenvalue weighted by atomic mass is 9.88. The summed E-state index contributed by atoms with van der Waals surface area (Å²) in [6.07, 6.45) is 2.08. The number of allylic oxidation sites excluding steroid dienone is 2. The van der Waals surface area contributed by atoms with Gasteiger partial charge in [0.25, 0.3) is 0 Å². The lowest BCUT2D eigenvalue weighted by Crippen LogP contribution is -2.25. The van der Waals surface area contributed by atoms with Crippen LogP contribution in [0, 0.1) is 11.3 Å². The second-order valence-electron chi connectivity index (χ2n) is 6.37. The molecule has 4 heteroatoms. The second kappa shape index (κ2) is 8.16. The van der Waals surface area contributed by atoms with Crippen LogP contribution in [-0.2, 0) is 0 Å². The van der Waals surface area contributed by atoms with Crippen LogP contribution in [0.15, 0.2) is 107 Å². The summed E-state index contributed by atoms with van der Waals surface area (Å²) in [5.41, 5.74) is 3.53. The molecule has 1 aliphatic heterocycles. The minimum Gasteiger partial charge on any atom is -0.440 e. The van der Waals surface area contributed by atoms with E-state index in [4.69, 9.17) is 4.74 Å². The van der Waals surface area contributed by atoms with Crippen LogP contribution in [0.3, 0.4) is 0 Å². The Hall–Kier alpha value is -3.29. The molecule has 1 atom stereocenters. The third-order valence-corrected chi connectivity index (χ3v) is 5.06. The fourth-order valence-corrected chi connectivity index (χ4v) is 3.42. The van der Waals surface area contributed by atoms with Gasteiger partial charge in [0, 0.05) is 16.1 Å². The molecule has 0 amide bonds. The van der Waals surface area contributed by atoms with Crippen molar-refractivity contribution in [3.8, 4) is 11.8 Å². The first-order valence-corrected chi connectivity index (χ1v) is 9.71. The van der Waals surface area contributed by atoms with Crippen LogP contribution in [0.5, 0.6) is 5.75 Å².